The van der Waals surface area contributed by atoms with Crippen LogP contribution >= 0.6 is 0 Å². The van der Waals surface area contributed by atoms with E-state index in [4.69, 9.17) is 4.74 Å². The van der Waals surface area contributed by atoms with Crippen molar-refractivity contribution in [2.75, 3.05) is 12.4 Å². The molecule has 1 aromatic carbocycles. The van der Waals surface area contributed by atoms with E-state index in [-0.39, 0.29) is 17.9 Å². The fourth-order valence-corrected chi connectivity index (χ4v) is 3.65. The fraction of sp³-hybridized carbons (Fsp3) is 0.400. The van der Waals surface area contributed by atoms with Crippen LogP contribution in [0.2, 0.25) is 0 Å². The van der Waals surface area contributed by atoms with E-state index in [9.17, 15) is 4.79 Å². The van der Waals surface area contributed by atoms with Crippen LogP contribution in [0.4, 0.5) is 5.82 Å². The van der Waals surface area contributed by atoms with Gasteiger partial charge in [0, 0.05) is 37.2 Å². The number of anilines is 1. The quantitative estimate of drug-likeness (QED) is 0.768. The van der Waals surface area contributed by atoms with Crippen LogP contribution in [0, 0.1) is 5.92 Å². The number of rotatable bonds is 4. The highest BCUT2D eigenvalue weighted by Crippen LogP contribution is 2.28. The number of aryl methyl sites for hydroxylation is 1. The van der Waals surface area contributed by atoms with Gasteiger partial charge in [0.05, 0.1) is 17.8 Å². The largest absolute Gasteiger partial charge is 0.381 e. The first-order valence-electron chi connectivity index (χ1n) is 9.22. The van der Waals surface area contributed by atoms with Crippen molar-refractivity contribution in [3.8, 4) is 11.1 Å². The number of amides is 1. The van der Waals surface area contributed by atoms with Gasteiger partial charge in [-0.25, -0.2) is 0 Å². The lowest BCUT2D eigenvalue weighted by atomic mass is 9.87. The molecular formula is C20H23N5O2. The van der Waals surface area contributed by atoms with Gasteiger partial charge in [-0.3, -0.25) is 9.48 Å². The second-order valence-electron chi connectivity index (χ2n) is 7.10. The zero-order chi connectivity index (χ0) is 18.8. The first-order valence-corrected chi connectivity index (χ1v) is 9.22. The molecular weight excluding hydrogens is 342 g/mol. The number of fused-ring (bicyclic) bond motifs is 1. The molecule has 0 radical (unpaired) electrons. The zero-order valence-corrected chi connectivity index (χ0v) is 15.6. The second kappa shape index (κ2) is 7.44. The number of carbonyl (C=O) groups excluding carboxylic acids is 1. The smallest absolute Gasteiger partial charge is 0.228 e. The highest BCUT2D eigenvalue weighted by Gasteiger charge is 2.26. The molecule has 2 heterocycles. The molecule has 7 heteroatoms. The van der Waals surface area contributed by atoms with Crippen LogP contribution in [0.3, 0.4) is 0 Å². The number of nitrogens with zero attached hydrogens (tertiary/aromatic N) is 4. The minimum absolute atomic E-state index is 0.00984. The Bertz CT molecular complexity index is 960. The van der Waals surface area contributed by atoms with Crippen molar-refractivity contribution in [2.24, 2.45) is 13.0 Å². The average molecular weight is 365 g/mol. The Kier molecular flexibility index (Phi) is 4.85. The van der Waals surface area contributed by atoms with Gasteiger partial charge in [0.2, 0.25) is 5.91 Å². The molecule has 27 heavy (non-hydrogen) atoms. The summed E-state index contributed by atoms with van der Waals surface area (Å²) >= 11 is 0. The van der Waals surface area contributed by atoms with E-state index < -0.39 is 0 Å². The number of carbonyl (C=O) groups is 1. The maximum Gasteiger partial charge on any atom is 0.228 e. The Morgan fingerprint density at radius 2 is 1.96 bits per heavy atom. The number of aromatic nitrogens is 4. The number of hydrogen-bond donors (Lipinski definition) is 1. The average Bonchev–Trinajstić information content (AvgIpc) is 3.14. The van der Waals surface area contributed by atoms with E-state index in [0.717, 1.165) is 47.7 Å². The minimum Gasteiger partial charge on any atom is -0.381 e. The molecule has 0 atom stereocenters. The van der Waals surface area contributed by atoms with Crippen molar-refractivity contribution in [1.29, 1.82) is 0 Å². The summed E-state index contributed by atoms with van der Waals surface area (Å²) in [7, 11) is 3.62. The van der Waals surface area contributed by atoms with Gasteiger partial charge in [0.15, 0.2) is 5.82 Å². The normalized spacial score (nSPS) is 19.9. The molecule has 4 rings (SSSR count). The SMILES string of the molecule is CO[C@H]1CC[C@H](C(=O)Nc2cc3cc(-c4cnn(C)c4)ccc3nn2)CC1. The first kappa shape index (κ1) is 17.6. The third kappa shape index (κ3) is 3.83. The Morgan fingerprint density at radius 3 is 2.67 bits per heavy atom. The second-order valence-corrected chi connectivity index (χ2v) is 7.10. The van der Waals surface area contributed by atoms with Crippen molar-refractivity contribution in [3.05, 3.63) is 36.7 Å². The molecule has 1 aliphatic carbocycles. The summed E-state index contributed by atoms with van der Waals surface area (Å²) in [5.41, 5.74) is 2.89. The summed E-state index contributed by atoms with van der Waals surface area (Å²) < 4.78 is 7.15. The third-order valence-electron chi connectivity index (χ3n) is 5.25. The summed E-state index contributed by atoms with van der Waals surface area (Å²) in [5, 5.41) is 16.5. The molecule has 0 bridgehead atoms. The number of methoxy groups -OCH3 is 1. The van der Waals surface area contributed by atoms with Gasteiger partial charge in [-0.05, 0) is 49.4 Å². The van der Waals surface area contributed by atoms with E-state index in [1.165, 1.54) is 0 Å². The first-order chi connectivity index (χ1) is 13.1. The molecule has 140 valence electrons. The van der Waals surface area contributed by atoms with Crippen LogP contribution in [0.5, 0.6) is 0 Å². The van der Waals surface area contributed by atoms with Crippen LogP contribution in [-0.4, -0.2) is 39.1 Å². The lowest BCUT2D eigenvalue weighted by molar-refractivity contribution is -0.121. The van der Waals surface area contributed by atoms with Gasteiger partial charge < -0.3 is 10.1 Å². The predicted molar refractivity (Wildman–Crippen MR) is 103 cm³/mol. The van der Waals surface area contributed by atoms with Crippen molar-refractivity contribution >= 4 is 22.6 Å². The molecule has 1 amide bonds. The Hall–Kier alpha value is -2.80. The van der Waals surface area contributed by atoms with Gasteiger partial charge >= 0.3 is 0 Å². The lowest BCUT2D eigenvalue weighted by Gasteiger charge is -2.26. The molecule has 1 fully saturated rings. The summed E-state index contributed by atoms with van der Waals surface area (Å²) in [6.45, 7) is 0. The maximum atomic E-state index is 12.6. The highest BCUT2D eigenvalue weighted by molar-refractivity contribution is 5.94. The topological polar surface area (TPSA) is 81.9 Å². The Balaban J connectivity index is 1.51. The molecule has 0 spiro atoms. The maximum absolute atomic E-state index is 12.6. The zero-order valence-electron chi connectivity index (χ0n) is 15.6. The van der Waals surface area contributed by atoms with Crippen molar-refractivity contribution in [3.63, 3.8) is 0 Å². The molecule has 3 aromatic rings. The van der Waals surface area contributed by atoms with E-state index in [1.807, 2.05) is 43.7 Å². The third-order valence-corrected chi connectivity index (χ3v) is 5.25. The van der Waals surface area contributed by atoms with Gasteiger partial charge in [-0.2, -0.15) is 5.10 Å². The van der Waals surface area contributed by atoms with E-state index in [2.05, 4.69) is 20.6 Å². The highest BCUT2D eigenvalue weighted by atomic mass is 16.5. The van der Waals surface area contributed by atoms with Crippen LogP contribution < -0.4 is 5.32 Å². The molecule has 2 aromatic heterocycles. The minimum atomic E-state index is 0.00984. The monoisotopic (exact) mass is 365 g/mol. The van der Waals surface area contributed by atoms with Gasteiger partial charge in [-0.1, -0.05) is 6.07 Å². The van der Waals surface area contributed by atoms with Crippen molar-refractivity contribution < 1.29 is 9.53 Å². The number of nitrogens with one attached hydrogen (secondary N) is 1. The summed E-state index contributed by atoms with van der Waals surface area (Å²) in [6, 6.07) is 7.85. The summed E-state index contributed by atoms with van der Waals surface area (Å²) in [4.78, 5) is 12.6. The number of hydrogen-bond acceptors (Lipinski definition) is 5. The molecule has 0 saturated heterocycles. The Morgan fingerprint density at radius 1 is 1.15 bits per heavy atom. The number of benzene rings is 1. The predicted octanol–water partition coefficient (Wildman–Crippen LogP) is 3.17. The molecule has 1 saturated carbocycles. The van der Waals surface area contributed by atoms with Gasteiger partial charge in [0.25, 0.3) is 0 Å². The standard InChI is InChI=1S/C20H23N5O2/c1-25-12-16(11-21-25)14-5-8-18-15(9-14)10-19(24-23-18)22-20(26)13-3-6-17(27-2)7-4-13/h5,8-13,17H,3-4,6-7H2,1-2H3,(H,22,24,26)/t13-,17-. The molecule has 0 aliphatic heterocycles. The van der Waals surface area contributed by atoms with Crippen LogP contribution in [0.1, 0.15) is 25.7 Å². The summed E-state index contributed by atoms with van der Waals surface area (Å²) in [5.74, 6) is 0.516. The molecule has 1 N–H and O–H groups in total. The molecule has 1 aliphatic rings. The fourth-order valence-electron chi connectivity index (χ4n) is 3.65. The van der Waals surface area contributed by atoms with E-state index in [0.29, 0.717) is 5.82 Å². The molecule has 0 unspecified atom stereocenters. The van der Waals surface area contributed by atoms with Crippen LogP contribution in [0.25, 0.3) is 22.0 Å². The van der Waals surface area contributed by atoms with Gasteiger partial charge in [0.1, 0.15) is 0 Å². The van der Waals surface area contributed by atoms with Crippen molar-refractivity contribution in [2.45, 2.75) is 31.8 Å². The number of ether oxygens (including phenoxy) is 1. The summed E-state index contributed by atoms with van der Waals surface area (Å²) in [6.07, 6.45) is 7.61. The Labute approximate surface area is 157 Å². The lowest BCUT2D eigenvalue weighted by Crippen LogP contribution is -2.29. The van der Waals surface area contributed by atoms with Gasteiger partial charge in [-0.15, -0.1) is 10.2 Å². The van der Waals surface area contributed by atoms with E-state index >= 15 is 0 Å². The van der Waals surface area contributed by atoms with Crippen LogP contribution in [0.15, 0.2) is 36.7 Å². The van der Waals surface area contributed by atoms with Crippen LogP contribution in [-0.2, 0) is 16.6 Å². The van der Waals surface area contributed by atoms with Crippen molar-refractivity contribution in [1.82, 2.24) is 20.0 Å². The van der Waals surface area contributed by atoms with E-state index in [1.54, 1.807) is 11.8 Å². The molecule has 7 nitrogen and oxygen atoms in total.